The lowest BCUT2D eigenvalue weighted by molar-refractivity contribution is 0.0477. The quantitative estimate of drug-likeness (QED) is 0.441. The summed E-state index contributed by atoms with van der Waals surface area (Å²) in [4.78, 5) is 24.4. The number of carbonyl (C=O) groups is 1. The van der Waals surface area contributed by atoms with Crippen molar-refractivity contribution < 1.29 is 4.79 Å². The lowest BCUT2D eigenvalue weighted by Gasteiger charge is -2.41. The molecule has 1 saturated carbocycles. The molecule has 1 aliphatic heterocycles. The largest absolute Gasteiger partial charge is 0.331 e. The molecule has 3 aromatic rings. The molecule has 5 rings (SSSR count). The Morgan fingerprint density at radius 2 is 1.82 bits per heavy atom. The lowest BCUT2D eigenvalue weighted by Crippen LogP contribution is -2.50. The molecule has 0 unspecified atom stereocenters. The van der Waals surface area contributed by atoms with Gasteiger partial charge < -0.3 is 4.90 Å². The van der Waals surface area contributed by atoms with Crippen molar-refractivity contribution in [2.75, 3.05) is 13.1 Å². The molecule has 0 radical (unpaired) electrons. The van der Waals surface area contributed by atoms with Crippen LogP contribution >= 0.6 is 11.3 Å². The zero-order chi connectivity index (χ0) is 22.6. The normalized spacial score (nSPS) is 18.2. The molecule has 2 fully saturated rings. The topological polar surface area (TPSA) is 36.4 Å². The molecule has 4 nitrogen and oxygen atoms in total. The van der Waals surface area contributed by atoms with E-state index >= 15 is 0 Å². The molecular weight excluding hydrogens is 426 g/mol. The zero-order valence-corrected chi connectivity index (χ0v) is 20.2. The van der Waals surface area contributed by atoms with Gasteiger partial charge >= 0.3 is 0 Å². The van der Waals surface area contributed by atoms with Gasteiger partial charge in [0.05, 0.1) is 0 Å². The third-order valence-electron chi connectivity index (χ3n) is 7.22. The van der Waals surface area contributed by atoms with Crippen molar-refractivity contribution >= 4 is 17.2 Å². The number of nitrogens with zero attached hydrogens (tertiary/aromatic N) is 3. The van der Waals surface area contributed by atoms with E-state index in [0.717, 1.165) is 51.7 Å². The summed E-state index contributed by atoms with van der Waals surface area (Å²) in [5.41, 5.74) is 3.30. The molecule has 33 heavy (non-hydrogen) atoms. The van der Waals surface area contributed by atoms with E-state index < -0.39 is 0 Å². The van der Waals surface area contributed by atoms with Crippen molar-refractivity contribution in [2.24, 2.45) is 5.92 Å². The number of likely N-dealkylation sites (tertiary alicyclic amines) is 1. The van der Waals surface area contributed by atoms with Crippen molar-refractivity contribution in [3.8, 4) is 0 Å². The molecule has 2 aromatic heterocycles. The van der Waals surface area contributed by atoms with Gasteiger partial charge in [0.15, 0.2) is 0 Å². The van der Waals surface area contributed by atoms with Crippen molar-refractivity contribution in [2.45, 2.75) is 57.7 Å². The lowest BCUT2D eigenvalue weighted by atomic mass is 9.84. The first-order chi connectivity index (χ1) is 16.2. The van der Waals surface area contributed by atoms with Crippen LogP contribution in [0.15, 0.2) is 66.2 Å². The van der Waals surface area contributed by atoms with E-state index in [1.54, 1.807) is 6.20 Å². The highest BCUT2D eigenvalue weighted by Crippen LogP contribution is 2.36. The van der Waals surface area contributed by atoms with Gasteiger partial charge in [-0.3, -0.25) is 14.7 Å². The van der Waals surface area contributed by atoms with Crippen LogP contribution in [0.5, 0.6) is 0 Å². The SMILES string of the molecule is Cc1ccsc1CN1CCC([C@H](Cc2ccccc2)N(C(=O)c2ccccn2)C2CC2)CC1. The van der Waals surface area contributed by atoms with Crippen LogP contribution in [0.1, 0.15) is 52.2 Å². The summed E-state index contributed by atoms with van der Waals surface area (Å²) < 4.78 is 0. The van der Waals surface area contributed by atoms with Gasteiger partial charge in [0, 0.05) is 29.7 Å². The van der Waals surface area contributed by atoms with Crippen LogP contribution in [0.2, 0.25) is 0 Å². The van der Waals surface area contributed by atoms with Crippen molar-refractivity contribution in [1.29, 1.82) is 0 Å². The summed E-state index contributed by atoms with van der Waals surface area (Å²) in [6.45, 7) is 5.47. The first-order valence-electron chi connectivity index (χ1n) is 12.2. The Hall–Kier alpha value is -2.50. The van der Waals surface area contributed by atoms with Crippen LogP contribution in [0.25, 0.3) is 0 Å². The molecule has 1 aliphatic carbocycles. The maximum absolute atomic E-state index is 13.7. The van der Waals surface area contributed by atoms with Crippen molar-refractivity contribution in [3.63, 3.8) is 0 Å². The molecule has 1 amide bonds. The summed E-state index contributed by atoms with van der Waals surface area (Å²) in [6.07, 6.45) is 7.15. The van der Waals surface area contributed by atoms with E-state index in [2.05, 4.69) is 63.5 Å². The van der Waals surface area contributed by atoms with Crippen LogP contribution in [-0.4, -0.2) is 45.9 Å². The van der Waals surface area contributed by atoms with E-state index in [9.17, 15) is 4.79 Å². The number of aryl methyl sites for hydroxylation is 1. The summed E-state index contributed by atoms with van der Waals surface area (Å²) >= 11 is 1.87. The van der Waals surface area contributed by atoms with Crippen LogP contribution < -0.4 is 0 Å². The highest BCUT2D eigenvalue weighted by molar-refractivity contribution is 7.10. The van der Waals surface area contributed by atoms with E-state index in [1.807, 2.05) is 29.5 Å². The number of rotatable bonds is 8. The maximum atomic E-state index is 13.7. The van der Waals surface area contributed by atoms with Crippen LogP contribution in [-0.2, 0) is 13.0 Å². The van der Waals surface area contributed by atoms with Gasteiger partial charge in [-0.05, 0) is 92.7 Å². The number of benzene rings is 1. The standard InChI is InChI=1S/C28H33N3OS/c1-21-14-18-33-27(21)20-30-16-12-23(13-17-30)26(19-22-7-3-2-4-8-22)31(24-10-11-24)28(32)25-9-5-6-15-29-25/h2-9,14-15,18,23-24,26H,10-13,16-17,19-20H2,1H3/t26-/m0/s1. The molecule has 2 aliphatic rings. The number of hydrogen-bond donors (Lipinski definition) is 0. The summed E-state index contributed by atoms with van der Waals surface area (Å²) in [5, 5.41) is 2.20. The maximum Gasteiger partial charge on any atom is 0.272 e. The smallest absolute Gasteiger partial charge is 0.272 e. The predicted molar refractivity (Wildman–Crippen MR) is 134 cm³/mol. The first kappa shape index (κ1) is 22.3. The monoisotopic (exact) mass is 459 g/mol. The van der Waals surface area contributed by atoms with Crippen molar-refractivity contribution in [3.05, 3.63) is 87.9 Å². The second kappa shape index (κ2) is 10.2. The highest BCUT2D eigenvalue weighted by Gasteiger charge is 2.42. The third kappa shape index (κ3) is 5.36. The van der Waals surface area contributed by atoms with Crippen molar-refractivity contribution in [1.82, 2.24) is 14.8 Å². The van der Waals surface area contributed by atoms with E-state index in [1.165, 1.54) is 16.0 Å². The van der Waals surface area contributed by atoms with E-state index in [-0.39, 0.29) is 11.9 Å². The number of piperidine rings is 1. The average molecular weight is 460 g/mol. The van der Waals surface area contributed by atoms with Gasteiger partial charge in [-0.25, -0.2) is 0 Å². The first-order valence-corrected chi connectivity index (χ1v) is 13.1. The van der Waals surface area contributed by atoms with Crippen LogP contribution in [0, 0.1) is 12.8 Å². The zero-order valence-electron chi connectivity index (χ0n) is 19.4. The molecule has 1 aromatic carbocycles. The summed E-state index contributed by atoms with van der Waals surface area (Å²) in [5.74, 6) is 0.620. The number of hydrogen-bond acceptors (Lipinski definition) is 4. The summed E-state index contributed by atoms with van der Waals surface area (Å²) in [6, 6.07) is 19.2. The Bertz CT molecular complexity index is 1040. The molecule has 0 N–H and O–H groups in total. The number of carbonyl (C=O) groups excluding carboxylic acids is 1. The molecule has 0 spiro atoms. The minimum absolute atomic E-state index is 0.107. The molecule has 5 heteroatoms. The van der Waals surface area contributed by atoms with E-state index in [0.29, 0.717) is 17.7 Å². The Balaban J connectivity index is 1.35. The minimum Gasteiger partial charge on any atom is -0.331 e. The van der Waals surface area contributed by atoms with Crippen LogP contribution in [0.4, 0.5) is 0 Å². The number of aromatic nitrogens is 1. The molecule has 1 saturated heterocycles. The third-order valence-corrected chi connectivity index (χ3v) is 8.22. The molecule has 3 heterocycles. The second-order valence-corrected chi connectivity index (χ2v) is 10.6. The van der Waals surface area contributed by atoms with Gasteiger partial charge in [0.25, 0.3) is 5.91 Å². The highest BCUT2D eigenvalue weighted by atomic mass is 32.1. The Labute approximate surface area is 201 Å². The van der Waals surface area contributed by atoms with Gasteiger partial charge in [0.1, 0.15) is 5.69 Å². The van der Waals surface area contributed by atoms with Gasteiger partial charge in [-0.1, -0.05) is 36.4 Å². The minimum atomic E-state index is 0.107. The average Bonchev–Trinajstić information content (AvgIpc) is 3.62. The predicted octanol–water partition coefficient (Wildman–Crippen LogP) is 5.58. The molecular formula is C28H33N3OS. The number of amides is 1. The van der Waals surface area contributed by atoms with Gasteiger partial charge in [-0.15, -0.1) is 11.3 Å². The number of thiophene rings is 1. The Morgan fingerprint density at radius 1 is 1.06 bits per heavy atom. The van der Waals surface area contributed by atoms with Gasteiger partial charge in [-0.2, -0.15) is 0 Å². The molecule has 0 bridgehead atoms. The Kier molecular flexibility index (Phi) is 6.88. The fourth-order valence-corrected chi connectivity index (χ4v) is 6.12. The second-order valence-electron chi connectivity index (χ2n) is 9.56. The van der Waals surface area contributed by atoms with Gasteiger partial charge in [0.2, 0.25) is 0 Å². The summed E-state index contributed by atoms with van der Waals surface area (Å²) in [7, 11) is 0. The fourth-order valence-electron chi connectivity index (χ4n) is 5.17. The number of pyridine rings is 1. The Morgan fingerprint density at radius 3 is 2.45 bits per heavy atom. The molecule has 172 valence electrons. The van der Waals surface area contributed by atoms with Crippen LogP contribution in [0.3, 0.4) is 0 Å². The fraction of sp³-hybridized carbons (Fsp3) is 0.429. The van der Waals surface area contributed by atoms with E-state index in [4.69, 9.17) is 0 Å². The molecule has 1 atom stereocenters.